The van der Waals surface area contributed by atoms with Gasteiger partial charge in [0.15, 0.2) is 6.61 Å². The van der Waals surface area contributed by atoms with Crippen LogP contribution in [0.4, 0.5) is 13.2 Å². The summed E-state index contributed by atoms with van der Waals surface area (Å²) >= 11 is 4.62. The fraction of sp³-hybridized carbons (Fsp3) is 0.333. The molecule has 0 aliphatic rings. The summed E-state index contributed by atoms with van der Waals surface area (Å²) in [5.41, 5.74) is 4.30. The van der Waals surface area contributed by atoms with Crippen LogP contribution in [0.15, 0.2) is 18.2 Å². The van der Waals surface area contributed by atoms with Gasteiger partial charge in [0.05, 0.1) is 12.2 Å². The molecule has 0 heterocycles. The van der Waals surface area contributed by atoms with Crippen molar-refractivity contribution in [2.45, 2.75) is 13.1 Å². The zero-order valence-electron chi connectivity index (χ0n) is 10.5. The summed E-state index contributed by atoms with van der Waals surface area (Å²) in [4.78, 5) is 10.9. The van der Waals surface area contributed by atoms with Crippen molar-refractivity contribution < 1.29 is 27.4 Å². The third-order valence-corrected chi connectivity index (χ3v) is 2.46. The Morgan fingerprint density at radius 2 is 2.05 bits per heavy atom. The number of ether oxygens (including phenoxy) is 2. The van der Waals surface area contributed by atoms with Crippen LogP contribution in [-0.4, -0.2) is 24.2 Å². The van der Waals surface area contributed by atoms with Crippen LogP contribution >= 0.6 is 12.2 Å². The van der Waals surface area contributed by atoms with E-state index in [0.717, 1.165) is 12.1 Å². The molecular formula is C12H12F3NO3S. The lowest BCUT2D eigenvalue weighted by molar-refractivity contribution is -0.147. The molecule has 0 spiro atoms. The molecule has 1 rings (SSSR count). The Morgan fingerprint density at radius 3 is 2.55 bits per heavy atom. The van der Waals surface area contributed by atoms with Gasteiger partial charge in [0.1, 0.15) is 10.7 Å². The normalized spacial score (nSPS) is 11.0. The SMILES string of the molecule is CCOC(=O)COc1ccc(C(N)=S)cc1C(F)(F)F. The summed E-state index contributed by atoms with van der Waals surface area (Å²) in [6.07, 6.45) is -4.65. The molecule has 0 aliphatic heterocycles. The van der Waals surface area contributed by atoms with Crippen LogP contribution in [-0.2, 0) is 15.7 Å². The van der Waals surface area contributed by atoms with Gasteiger partial charge in [-0.1, -0.05) is 12.2 Å². The molecule has 0 saturated carbocycles. The Labute approximate surface area is 118 Å². The number of esters is 1. The second kappa shape index (κ2) is 6.56. The quantitative estimate of drug-likeness (QED) is 0.668. The van der Waals surface area contributed by atoms with E-state index < -0.39 is 30.1 Å². The van der Waals surface area contributed by atoms with Crippen LogP contribution < -0.4 is 10.5 Å². The van der Waals surface area contributed by atoms with Crippen LogP contribution in [0, 0.1) is 0 Å². The highest BCUT2D eigenvalue weighted by molar-refractivity contribution is 7.80. The zero-order chi connectivity index (χ0) is 15.3. The van der Waals surface area contributed by atoms with E-state index in [1.54, 1.807) is 6.92 Å². The first kappa shape index (κ1) is 16.2. The molecule has 0 aliphatic carbocycles. The fourth-order valence-corrected chi connectivity index (χ4v) is 1.50. The summed E-state index contributed by atoms with van der Waals surface area (Å²) < 4.78 is 48.1. The first-order valence-electron chi connectivity index (χ1n) is 5.55. The van der Waals surface area contributed by atoms with Gasteiger partial charge in [0.2, 0.25) is 0 Å². The lowest BCUT2D eigenvalue weighted by Gasteiger charge is -2.14. The molecule has 0 unspecified atom stereocenters. The lowest BCUT2D eigenvalue weighted by atomic mass is 10.1. The van der Waals surface area contributed by atoms with Crippen molar-refractivity contribution in [3.8, 4) is 5.75 Å². The van der Waals surface area contributed by atoms with Crippen molar-refractivity contribution in [3.63, 3.8) is 0 Å². The molecule has 1 aromatic rings. The maximum atomic E-state index is 12.9. The van der Waals surface area contributed by atoms with Crippen LogP contribution in [0.3, 0.4) is 0 Å². The molecular weight excluding hydrogens is 295 g/mol. The van der Waals surface area contributed by atoms with E-state index in [0.29, 0.717) is 0 Å². The zero-order valence-corrected chi connectivity index (χ0v) is 11.3. The number of thiocarbonyl (C=S) groups is 1. The van der Waals surface area contributed by atoms with Crippen molar-refractivity contribution in [2.24, 2.45) is 5.73 Å². The van der Waals surface area contributed by atoms with Gasteiger partial charge in [-0.05, 0) is 25.1 Å². The number of hydrogen-bond donors (Lipinski definition) is 1. The van der Waals surface area contributed by atoms with Gasteiger partial charge in [-0.25, -0.2) is 4.79 Å². The van der Waals surface area contributed by atoms with Crippen LogP contribution in [0.25, 0.3) is 0 Å². The van der Waals surface area contributed by atoms with Crippen molar-refractivity contribution in [3.05, 3.63) is 29.3 Å². The minimum absolute atomic E-state index is 0.0656. The van der Waals surface area contributed by atoms with Gasteiger partial charge in [0.25, 0.3) is 0 Å². The fourth-order valence-electron chi connectivity index (χ4n) is 1.37. The molecule has 2 N–H and O–H groups in total. The maximum absolute atomic E-state index is 12.9. The minimum atomic E-state index is -4.65. The Balaban J connectivity index is 3.01. The monoisotopic (exact) mass is 307 g/mol. The Morgan fingerprint density at radius 1 is 1.40 bits per heavy atom. The summed E-state index contributed by atoms with van der Waals surface area (Å²) in [5, 5.41) is 0. The molecule has 4 nitrogen and oxygen atoms in total. The summed E-state index contributed by atoms with van der Waals surface area (Å²) in [6.45, 7) is 1.09. The summed E-state index contributed by atoms with van der Waals surface area (Å²) in [5.74, 6) is -1.23. The van der Waals surface area contributed by atoms with Crippen molar-refractivity contribution >= 4 is 23.2 Å². The smallest absolute Gasteiger partial charge is 0.419 e. The standard InChI is InChI=1S/C12H12F3NO3S/c1-2-18-10(17)6-19-9-4-3-7(11(16)20)5-8(9)12(13,14)15/h3-5H,2,6H2,1H3,(H2,16,20). The topological polar surface area (TPSA) is 61.5 Å². The highest BCUT2D eigenvalue weighted by Gasteiger charge is 2.35. The predicted octanol–water partition coefficient (Wildman–Crippen LogP) is 2.28. The second-order valence-corrected chi connectivity index (χ2v) is 4.11. The van der Waals surface area contributed by atoms with E-state index in [9.17, 15) is 18.0 Å². The van der Waals surface area contributed by atoms with E-state index in [2.05, 4.69) is 17.0 Å². The number of rotatable bonds is 5. The molecule has 0 fully saturated rings. The molecule has 0 amide bonds. The van der Waals surface area contributed by atoms with Crippen LogP contribution in [0.1, 0.15) is 18.1 Å². The van der Waals surface area contributed by atoms with E-state index in [4.69, 9.17) is 10.5 Å². The molecule has 0 aromatic heterocycles. The molecule has 8 heteroatoms. The number of carbonyl (C=O) groups excluding carboxylic acids is 1. The van der Waals surface area contributed by atoms with E-state index >= 15 is 0 Å². The predicted molar refractivity (Wildman–Crippen MR) is 69.5 cm³/mol. The molecule has 1 aromatic carbocycles. The van der Waals surface area contributed by atoms with Crippen LogP contribution in [0.5, 0.6) is 5.75 Å². The molecule has 0 bridgehead atoms. The van der Waals surface area contributed by atoms with E-state index in [1.807, 2.05) is 0 Å². The maximum Gasteiger partial charge on any atom is 0.419 e. The first-order valence-corrected chi connectivity index (χ1v) is 5.96. The molecule has 110 valence electrons. The molecule has 0 atom stereocenters. The number of carbonyl (C=O) groups is 1. The number of alkyl halides is 3. The average molecular weight is 307 g/mol. The molecule has 0 radical (unpaired) electrons. The average Bonchev–Trinajstić information content (AvgIpc) is 2.35. The third-order valence-electron chi connectivity index (χ3n) is 2.22. The van der Waals surface area contributed by atoms with Gasteiger partial charge in [-0.2, -0.15) is 13.2 Å². The highest BCUT2D eigenvalue weighted by Crippen LogP contribution is 2.36. The van der Waals surface area contributed by atoms with Gasteiger partial charge < -0.3 is 15.2 Å². The Bertz CT molecular complexity index is 517. The van der Waals surface area contributed by atoms with Crippen molar-refractivity contribution in [2.75, 3.05) is 13.2 Å². The Kier molecular flexibility index (Phi) is 5.32. The highest BCUT2D eigenvalue weighted by atomic mass is 32.1. The van der Waals surface area contributed by atoms with Gasteiger partial charge in [-0.3, -0.25) is 0 Å². The molecule has 0 saturated heterocycles. The van der Waals surface area contributed by atoms with E-state index in [-0.39, 0.29) is 17.2 Å². The number of hydrogen-bond acceptors (Lipinski definition) is 4. The Hall–Kier alpha value is -1.83. The molecule has 20 heavy (non-hydrogen) atoms. The number of benzene rings is 1. The summed E-state index contributed by atoms with van der Waals surface area (Å²) in [6, 6.07) is 3.14. The van der Waals surface area contributed by atoms with Crippen molar-refractivity contribution in [1.82, 2.24) is 0 Å². The van der Waals surface area contributed by atoms with Gasteiger partial charge in [-0.15, -0.1) is 0 Å². The third kappa shape index (κ3) is 4.37. The minimum Gasteiger partial charge on any atom is -0.481 e. The van der Waals surface area contributed by atoms with E-state index in [1.165, 1.54) is 6.07 Å². The second-order valence-electron chi connectivity index (χ2n) is 3.67. The first-order chi connectivity index (χ1) is 9.25. The van der Waals surface area contributed by atoms with Gasteiger partial charge >= 0.3 is 12.1 Å². The van der Waals surface area contributed by atoms with Crippen molar-refractivity contribution in [1.29, 1.82) is 0 Å². The lowest BCUT2D eigenvalue weighted by Crippen LogP contribution is -2.18. The van der Waals surface area contributed by atoms with Gasteiger partial charge in [0, 0.05) is 5.56 Å². The largest absolute Gasteiger partial charge is 0.481 e. The summed E-state index contributed by atoms with van der Waals surface area (Å²) in [7, 11) is 0. The van der Waals surface area contributed by atoms with Crippen LogP contribution in [0.2, 0.25) is 0 Å². The number of halogens is 3. The number of nitrogens with two attached hydrogens (primary N) is 1.